The van der Waals surface area contributed by atoms with Gasteiger partial charge in [-0.1, -0.05) is 0 Å². The van der Waals surface area contributed by atoms with Crippen LogP contribution in [-0.4, -0.2) is 40.6 Å². The molecule has 2 rings (SSSR count). The van der Waals surface area contributed by atoms with Crippen LogP contribution in [0.2, 0.25) is 0 Å². The molecule has 0 spiro atoms. The minimum atomic E-state index is -0.687. The van der Waals surface area contributed by atoms with E-state index in [1.807, 2.05) is 0 Å². The minimum absolute atomic E-state index is 0.0787. The number of nitrogens with zero attached hydrogens (tertiary/aromatic N) is 4. The Labute approximate surface area is 151 Å². The molecule has 0 radical (unpaired) electrons. The summed E-state index contributed by atoms with van der Waals surface area (Å²) >= 11 is 0. The third-order valence-corrected chi connectivity index (χ3v) is 3.50. The van der Waals surface area contributed by atoms with Crippen LogP contribution in [0.5, 0.6) is 5.75 Å². The van der Waals surface area contributed by atoms with Gasteiger partial charge < -0.3 is 9.47 Å². The van der Waals surface area contributed by atoms with Crippen molar-refractivity contribution < 1.29 is 19.2 Å². The van der Waals surface area contributed by atoms with E-state index >= 15 is 0 Å². The smallest absolute Gasteiger partial charge is 0.414 e. The van der Waals surface area contributed by atoms with Crippen molar-refractivity contribution in [2.24, 2.45) is 7.05 Å². The van der Waals surface area contributed by atoms with Crippen LogP contribution in [0.1, 0.15) is 20.8 Å². The SMILES string of the molecule is COc1c(-c2ccn(C)n2)cc(N(C)C(=O)OC(C)(C)C)cc1[N+](=O)[O-]. The fourth-order valence-electron chi connectivity index (χ4n) is 2.33. The van der Waals surface area contributed by atoms with Gasteiger partial charge in [-0.15, -0.1) is 0 Å². The summed E-state index contributed by atoms with van der Waals surface area (Å²) in [5, 5.41) is 15.8. The molecule has 0 aliphatic rings. The largest absolute Gasteiger partial charge is 0.490 e. The molecule has 0 aliphatic heterocycles. The number of anilines is 1. The number of ether oxygens (including phenoxy) is 2. The maximum atomic E-state index is 12.3. The summed E-state index contributed by atoms with van der Waals surface area (Å²) in [7, 11) is 4.58. The molecule has 1 amide bonds. The van der Waals surface area contributed by atoms with Gasteiger partial charge >= 0.3 is 11.8 Å². The van der Waals surface area contributed by atoms with Gasteiger partial charge in [-0.3, -0.25) is 19.7 Å². The van der Waals surface area contributed by atoms with E-state index in [1.165, 1.54) is 25.1 Å². The van der Waals surface area contributed by atoms with Gasteiger partial charge in [-0.25, -0.2) is 4.79 Å². The Bertz CT molecular complexity index is 838. The Morgan fingerprint density at radius 3 is 2.46 bits per heavy atom. The average Bonchev–Trinajstić information content (AvgIpc) is 2.97. The van der Waals surface area contributed by atoms with Crippen LogP contribution in [0, 0.1) is 10.1 Å². The van der Waals surface area contributed by atoms with E-state index < -0.39 is 16.6 Å². The van der Waals surface area contributed by atoms with Crippen molar-refractivity contribution in [3.8, 4) is 17.0 Å². The number of hydrogen-bond donors (Lipinski definition) is 0. The van der Waals surface area contributed by atoms with Crippen molar-refractivity contribution in [1.29, 1.82) is 0 Å². The summed E-state index contributed by atoms with van der Waals surface area (Å²) in [6.07, 6.45) is 1.09. The Morgan fingerprint density at radius 2 is 2.00 bits per heavy atom. The zero-order valence-corrected chi connectivity index (χ0v) is 15.6. The first kappa shape index (κ1) is 19.2. The lowest BCUT2D eigenvalue weighted by atomic mass is 10.1. The van der Waals surface area contributed by atoms with Gasteiger partial charge in [0.1, 0.15) is 5.60 Å². The number of rotatable bonds is 4. The molecule has 9 heteroatoms. The van der Waals surface area contributed by atoms with Gasteiger partial charge in [0.25, 0.3) is 0 Å². The number of aromatic nitrogens is 2. The van der Waals surface area contributed by atoms with Crippen molar-refractivity contribution in [3.05, 3.63) is 34.5 Å². The molecular formula is C17H22N4O5. The van der Waals surface area contributed by atoms with E-state index in [4.69, 9.17) is 9.47 Å². The third-order valence-electron chi connectivity index (χ3n) is 3.50. The molecule has 0 fully saturated rings. The number of nitro benzene ring substituents is 1. The Kier molecular flexibility index (Phi) is 5.20. The van der Waals surface area contributed by atoms with E-state index in [0.717, 1.165) is 0 Å². The van der Waals surface area contributed by atoms with Crippen molar-refractivity contribution >= 4 is 17.5 Å². The van der Waals surface area contributed by atoms with Crippen LogP contribution in [0.3, 0.4) is 0 Å². The van der Waals surface area contributed by atoms with Gasteiger partial charge in [0.2, 0.25) is 5.75 Å². The van der Waals surface area contributed by atoms with E-state index in [-0.39, 0.29) is 11.4 Å². The second-order valence-electron chi connectivity index (χ2n) is 6.72. The first-order valence-electron chi connectivity index (χ1n) is 7.86. The molecule has 0 saturated heterocycles. The highest BCUT2D eigenvalue weighted by molar-refractivity contribution is 5.90. The molecule has 26 heavy (non-hydrogen) atoms. The Morgan fingerprint density at radius 1 is 1.35 bits per heavy atom. The summed E-state index contributed by atoms with van der Waals surface area (Å²) in [5.41, 5.74) is 0.251. The predicted octanol–water partition coefficient (Wildman–Crippen LogP) is 3.38. The monoisotopic (exact) mass is 362 g/mol. The molecule has 0 aliphatic carbocycles. The lowest BCUT2D eigenvalue weighted by Gasteiger charge is -2.25. The first-order valence-corrected chi connectivity index (χ1v) is 7.86. The van der Waals surface area contributed by atoms with Gasteiger partial charge in [0, 0.05) is 26.4 Å². The number of nitro groups is 1. The maximum Gasteiger partial charge on any atom is 0.414 e. The van der Waals surface area contributed by atoms with Crippen LogP contribution in [-0.2, 0) is 11.8 Å². The van der Waals surface area contributed by atoms with Gasteiger partial charge in [-0.2, -0.15) is 5.10 Å². The lowest BCUT2D eigenvalue weighted by Crippen LogP contribution is -2.34. The fourth-order valence-corrected chi connectivity index (χ4v) is 2.33. The summed E-state index contributed by atoms with van der Waals surface area (Å²) < 4.78 is 12.2. The summed E-state index contributed by atoms with van der Waals surface area (Å²) in [6, 6.07) is 4.59. The molecule has 0 saturated carbocycles. The molecule has 0 bridgehead atoms. The number of benzene rings is 1. The zero-order valence-electron chi connectivity index (χ0n) is 15.6. The molecular weight excluding hydrogens is 340 g/mol. The quantitative estimate of drug-likeness (QED) is 0.611. The van der Waals surface area contributed by atoms with E-state index in [0.29, 0.717) is 16.9 Å². The average molecular weight is 362 g/mol. The number of carbonyl (C=O) groups is 1. The van der Waals surface area contributed by atoms with Crippen molar-refractivity contribution in [1.82, 2.24) is 9.78 Å². The summed E-state index contributed by atoms with van der Waals surface area (Å²) in [4.78, 5) is 24.5. The second-order valence-corrected chi connectivity index (χ2v) is 6.72. The lowest BCUT2D eigenvalue weighted by molar-refractivity contribution is -0.385. The molecule has 0 unspecified atom stereocenters. The summed E-state index contributed by atoms with van der Waals surface area (Å²) in [5.74, 6) is 0.0787. The molecule has 1 aromatic carbocycles. The van der Waals surface area contributed by atoms with Crippen LogP contribution >= 0.6 is 0 Å². The fraction of sp³-hybridized carbons (Fsp3) is 0.412. The van der Waals surface area contributed by atoms with Gasteiger partial charge in [0.15, 0.2) is 0 Å². The Hall–Kier alpha value is -3.10. The highest BCUT2D eigenvalue weighted by Gasteiger charge is 2.27. The molecule has 2 aromatic rings. The van der Waals surface area contributed by atoms with Crippen molar-refractivity contribution in [3.63, 3.8) is 0 Å². The van der Waals surface area contributed by atoms with E-state index in [9.17, 15) is 14.9 Å². The van der Waals surface area contributed by atoms with E-state index in [1.54, 1.807) is 50.8 Å². The van der Waals surface area contributed by atoms with Crippen LogP contribution < -0.4 is 9.64 Å². The van der Waals surface area contributed by atoms with Gasteiger partial charge in [0.05, 0.1) is 29.0 Å². The number of methoxy groups -OCH3 is 1. The van der Waals surface area contributed by atoms with Crippen LogP contribution in [0.15, 0.2) is 24.4 Å². The molecule has 1 aromatic heterocycles. The number of hydrogen-bond acceptors (Lipinski definition) is 6. The molecule has 0 atom stereocenters. The van der Waals surface area contributed by atoms with Crippen LogP contribution in [0.4, 0.5) is 16.2 Å². The minimum Gasteiger partial charge on any atom is -0.490 e. The predicted molar refractivity (Wildman–Crippen MR) is 96.5 cm³/mol. The molecule has 1 heterocycles. The molecule has 0 N–H and O–H groups in total. The second kappa shape index (κ2) is 7.03. The topological polar surface area (TPSA) is 99.7 Å². The third kappa shape index (κ3) is 4.11. The molecule has 9 nitrogen and oxygen atoms in total. The highest BCUT2D eigenvalue weighted by Crippen LogP contribution is 2.41. The Balaban J connectivity index is 2.59. The maximum absolute atomic E-state index is 12.3. The molecule has 140 valence electrons. The standard InChI is InChI=1S/C17H22N4O5/c1-17(2,3)26-16(22)20(5)11-9-12(13-7-8-19(4)18-13)15(25-6)14(10-11)21(23)24/h7-10H,1-6H3. The van der Waals surface area contributed by atoms with Gasteiger partial charge in [-0.05, 0) is 32.9 Å². The number of amides is 1. The van der Waals surface area contributed by atoms with Crippen LogP contribution in [0.25, 0.3) is 11.3 Å². The first-order chi connectivity index (χ1) is 12.0. The zero-order chi connectivity index (χ0) is 19.6. The normalized spacial score (nSPS) is 11.2. The van der Waals surface area contributed by atoms with E-state index in [2.05, 4.69) is 5.10 Å². The van der Waals surface area contributed by atoms with Crippen molar-refractivity contribution in [2.75, 3.05) is 19.1 Å². The summed E-state index contributed by atoms with van der Waals surface area (Å²) in [6.45, 7) is 5.23. The van der Waals surface area contributed by atoms with Crippen molar-refractivity contribution in [2.45, 2.75) is 26.4 Å². The highest BCUT2D eigenvalue weighted by atomic mass is 16.6. The number of carbonyl (C=O) groups excluding carboxylic acids is 1. The number of aryl methyl sites for hydroxylation is 1.